The Morgan fingerprint density at radius 3 is 2.50 bits per heavy atom. The van der Waals surface area contributed by atoms with E-state index in [9.17, 15) is 18.0 Å². The number of halogens is 4. The molecule has 0 radical (unpaired) electrons. The maximum absolute atomic E-state index is 12.5. The highest BCUT2D eigenvalue weighted by molar-refractivity contribution is 5.90. The van der Waals surface area contributed by atoms with E-state index < -0.39 is 17.7 Å². The lowest BCUT2D eigenvalue weighted by molar-refractivity contribution is -0.137. The van der Waals surface area contributed by atoms with Gasteiger partial charge in [-0.2, -0.15) is 13.2 Å². The molecule has 0 heterocycles. The summed E-state index contributed by atoms with van der Waals surface area (Å²) in [4.78, 5) is 11.3. The summed E-state index contributed by atoms with van der Waals surface area (Å²) < 4.78 is 42.2. The van der Waals surface area contributed by atoms with Crippen molar-refractivity contribution in [2.45, 2.75) is 13.1 Å². The lowest BCUT2D eigenvalue weighted by Crippen LogP contribution is -2.16. The van der Waals surface area contributed by atoms with E-state index in [2.05, 4.69) is 4.74 Å². The predicted molar refractivity (Wildman–Crippen MR) is 62.5 cm³/mol. The molecule has 4 nitrogen and oxygen atoms in total. The van der Waals surface area contributed by atoms with Gasteiger partial charge >= 0.3 is 12.1 Å². The summed E-state index contributed by atoms with van der Waals surface area (Å²) in [6.07, 6.45) is -4.53. The number of rotatable bonds is 3. The second-order valence-electron chi connectivity index (χ2n) is 3.12. The summed E-state index contributed by atoms with van der Waals surface area (Å²) in [6.45, 7) is 1.75. The minimum atomic E-state index is -4.53. The number of ether oxygens (including phenoxy) is 1. The first-order valence-electron chi connectivity index (χ1n) is 4.75. The normalized spacial score (nSPS) is 10.5. The first-order chi connectivity index (χ1) is 7.90. The third-order valence-corrected chi connectivity index (χ3v) is 1.99. The van der Waals surface area contributed by atoms with Gasteiger partial charge in [0.1, 0.15) is 0 Å². The Balaban J connectivity index is 0.00000289. The van der Waals surface area contributed by atoms with E-state index in [1.807, 2.05) is 5.43 Å². The summed E-state index contributed by atoms with van der Waals surface area (Å²) in [5.41, 5.74) is 0.610. The van der Waals surface area contributed by atoms with Gasteiger partial charge in [0.2, 0.25) is 0 Å². The molecule has 0 aromatic heterocycles. The molecule has 0 fully saturated rings. The fraction of sp³-hybridized carbons (Fsp3) is 0.300. The molecule has 0 aliphatic rings. The number of nitrogens with two attached hydrogens (primary N) is 1. The zero-order chi connectivity index (χ0) is 13.1. The van der Waals surface area contributed by atoms with E-state index >= 15 is 0 Å². The fourth-order valence-electron chi connectivity index (χ4n) is 1.25. The van der Waals surface area contributed by atoms with Gasteiger partial charge in [-0.05, 0) is 25.1 Å². The Hall–Kier alpha value is -1.47. The lowest BCUT2D eigenvalue weighted by Gasteiger charge is -2.13. The molecule has 0 aliphatic carbocycles. The molecular formula is C10H12ClF3N2O2. The number of carbonyl (C=O) groups excluding carboxylic acids is 1. The monoisotopic (exact) mass is 284 g/mol. The third-order valence-electron chi connectivity index (χ3n) is 1.99. The summed E-state index contributed by atoms with van der Waals surface area (Å²) >= 11 is 0. The van der Waals surface area contributed by atoms with Crippen molar-refractivity contribution in [1.29, 1.82) is 0 Å². The average Bonchev–Trinajstić information content (AvgIpc) is 2.27. The van der Waals surface area contributed by atoms with Crippen LogP contribution < -0.4 is 11.3 Å². The molecule has 0 bridgehead atoms. The first-order valence-corrected chi connectivity index (χ1v) is 4.75. The van der Waals surface area contributed by atoms with Crippen LogP contribution in [-0.2, 0) is 10.9 Å². The number of nitrogens with one attached hydrogen (secondary N) is 1. The van der Waals surface area contributed by atoms with E-state index in [1.54, 1.807) is 6.92 Å². The van der Waals surface area contributed by atoms with Gasteiger partial charge < -0.3 is 10.2 Å². The van der Waals surface area contributed by atoms with Crippen LogP contribution in [0.4, 0.5) is 18.9 Å². The smallest absolute Gasteiger partial charge is 0.418 e. The third kappa shape index (κ3) is 3.78. The van der Waals surface area contributed by atoms with E-state index in [4.69, 9.17) is 5.84 Å². The van der Waals surface area contributed by atoms with Gasteiger partial charge in [-0.15, -0.1) is 12.4 Å². The van der Waals surface area contributed by atoms with Gasteiger partial charge in [-0.25, -0.2) is 4.79 Å². The number of esters is 1. The molecule has 0 saturated carbocycles. The Kier molecular flexibility index (Phi) is 5.93. The molecule has 0 amide bonds. The molecule has 0 saturated heterocycles. The van der Waals surface area contributed by atoms with Crippen LogP contribution >= 0.6 is 12.4 Å². The molecule has 102 valence electrons. The van der Waals surface area contributed by atoms with Crippen molar-refractivity contribution in [3.8, 4) is 0 Å². The minimum Gasteiger partial charge on any atom is -0.462 e. The van der Waals surface area contributed by atoms with Crippen LogP contribution in [0, 0.1) is 0 Å². The Labute approximate surface area is 108 Å². The standard InChI is InChI=1S/C10H11F3N2O2.ClH/c1-2-17-9(16)6-3-4-7(10(11,12)13)8(5-6)15-14;/h3-5,15H,2,14H2,1H3;1H. The SMILES string of the molecule is CCOC(=O)c1ccc(C(F)(F)F)c(NN)c1.Cl. The van der Waals surface area contributed by atoms with Crippen molar-refractivity contribution in [3.63, 3.8) is 0 Å². The molecule has 1 aromatic rings. The number of alkyl halides is 3. The second kappa shape index (κ2) is 6.46. The maximum atomic E-state index is 12.5. The van der Waals surface area contributed by atoms with Crippen LogP contribution in [0.15, 0.2) is 18.2 Å². The molecule has 18 heavy (non-hydrogen) atoms. The fourth-order valence-corrected chi connectivity index (χ4v) is 1.25. The van der Waals surface area contributed by atoms with Gasteiger partial charge in [0, 0.05) is 0 Å². The lowest BCUT2D eigenvalue weighted by atomic mass is 10.1. The summed E-state index contributed by atoms with van der Waals surface area (Å²) in [7, 11) is 0. The van der Waals surface area contributed by atoms with Crippen molar-refractivity contribution in [3.05, 3.63) is 29.3 Å². The van der Waals surface area contributed by atoms with Crippen LogP contribution in [0.25, 0.3) is 0 Å². The average molecular weight is 285 g/mol. The van der Waals surface area contributed by atoms with Crippen molar-refractivity contribution in [2.75, 3.05) is 12.0 Å². The zero-order valence-corrected chi connectivity index (χ0v) is 10.2. The number of anilines is 1. The predicted octanol–water partition coefficient (Wildman–Crippen LogP) is 2.59. The van der Waals surface area contributed by atoms with Crippen LogP contribution in [0.3, 0.4) is 0 Å². The molecule has 0 atom stereocenters. The van der Waals surface area contributed by atoms with E-state index in [0.717, 1.165) is 18.2 Å². The van der Waals surface area contributed by atoms with Crippen molar-refractivity contribution < 1.29 is 22.7 Å². The molecule has 1 aromatic carbocycles. The quantitative estimate of drug-likeness (QED) is 0.509. The highest BCUT2D eigenvalue weighted by Crippen LogP contribution is 2.34. The first kappa shape index (κ1) is 16.5. The van der Waals surface area contributed by atoms with Gasteiger partial charge in [0.25, 0.3) is 0 Å². The molecular weight excluding hydrogens is 273 g/mol. The second-order valence-corrected chi connectivity index (χ2v) is 3.12. The number of hydrogen-bond acceptors (Lipinski definition) is 4. The van der Waals surface area contributed by atoms with Crippen LogP contribution in [0.1, 0.15) is 22.8 Å². The van der Waals surface area contributed by atoms with E-state index in [1.165, 1.54) is 0 Å². The zero-order valence-electron chi connectivity index (χ0n) is 9.38. The van der Waals surface area contributed by atoms with Crippen LogP contribution in [0.5, 0.6) is 0 Å². The Morgan fingerprint density at radius 2 is 2.06 bits per heavy atom. The summed E-state index contributed by atoms with van der Waals surface area (Å²) in [6, 6.07) is 2.82. The highest BCUT2D eigenvalue weighted by Gasteiger charge is 2.33. The Morgan fingerprint density at radius 1 is 1.44 bits per heavy atom. The molecule has 3 N–H and O–H groups in total. The van der Waals surface area contributed by atoms with Crippen molar-refractivity contribution in [1.82, 2.24) is 0 Å². The number of benzene rings is 1. The summed E-state index contributed by atoms with van der Waals surface area (Å²) in [5.74, 6) is 4.29. The van der Waals surface area contributed by atoms with Crippen molar-refractivity contribution >= 4 is 24.1 Å². The van der Waals surface area contributed by atoms with Gasteiger partial charge in [0.15, 0.2) is 0 Å². The van der Waals surface area contributed by atoms with Gasteiger partial charge in [0.05, 0.1) is 23.4 Å². The van der Waals surface area contributed by atoms with Crippen LogP contribution in [-0.4, -0.2) is 12.6 Å². The number of hydrazine groups is 1. The largest absolute Gasteiger partial charge is 0.462 e. The molecule has 0 aliphatic heterocycles. The number of hydrogen-bond donors (Lipinski definition) is 2. The summed E-state index contributed by atoms with van der Waals surface area (Å²) in [5, 5.41) is 0. The number of carbonyl (C=O) groups is 1. The molecule has 0 unspecified atom stereocenters. The van der Waals surface area contributed by atoms with Gasteiger partial charge in [-0.3, -0.25) is 5.84 Å². The van der Waals surface area contributed by atoms with Crippen molar-refractivity contribution in [2.24, 2.45) is 5.84 Å². The molecule has 8 heteroatoms. The topological polar surface area (TPSA) is 64.3 Å². The minimum absolute atomic E-state index is 0. The van der Waals surface area contributed by atoms with E-state index in [-0.39, 0.29) is 30.3 Å². The molecule has 1 rings (SSSR count). The maximum Gasteiger partial charge on any atom is 0.418 e. The number of nitrogen functional groups attached to an aromatic ring is 1. The van der Waals surface area contributed by atoms with E-state index in [0.29, 0.717) is 0 Å². The molecule has 0 spiro atoms. The van der Waals surface area contributed by atoms with Gasteiger partial charge in [-0.1, -0.05) is 0 Å². The highest BCUT2D eigenvalue weighted by atomic mass is 35.5. The Bertz CT molecular complexity index is 424. The van der Waals surface area contributed by atoms with Crippen LogP contribution in [0.2, 0.25) is 0 Å².